The van der Waals surface area contributed by atoms with Crippen molar-refractivity contribution in [3.05, 3.63) is 79.8 Å². The maximum atomic E-state index is 12.5. The molecule has 1 aromatic carbocycles. The van der Waals surface area contributed by atoms with Gasteiger partial charge in [0.1, 0.15) is 5.65 Å². The third kappa shape index (κ3) is 2.96. The third-order valence-electron chi connectivity index (χ3n) is 4.36. The standard InChI is InChI=1S/C18H18N4O3/c1-11-7-6-8-14(12(11)2)13(3)19-17-16(22(24)25)18(23)21-10-5-4-9-15(21)20-17/h4-10,13,19H,1-3H3. The second-order valence-corrected chi connectivity index (χ2v) is 5.96. The molecule has 3 rings (SSSR count). The van der Waals surface area contributed by atoms with Gasteiger partial charge >= 0.3 is 11.2 Å². The van der Waals surface area contributed by atoms with Crippen molar-refractivity contribution in [2.45, 2.75) is 26.8 Å². The van der Waals surface area contributed by atoms with Crippen molar-refractivity contribution in [3.63, 3.8) is 0 Å². The summed E-state index contributed by atoms with van der Waals surface area (Å²) in [7, 11) is 0. The Bertz CT molecular complexity index is 1030. The number of hydrogen-bond acceptors (Lipinski definition) is 5. The number of rotatable bonds is 4. The summed E-state index contributed by atoms with van der Waals surface area (Å²) in [5.41, 5.74) is 2.33. The molecule has 0 spiro atoms. The van der Waals surface area contributed by atoms with Crippen LogP contribution in [0.25, 0.3) is 5.65 Å². The van der Waals surface area contributed by atoms with Crippen LogP contribution in [0.4, 0.5) is 11.5 Å². The van der Waals surface area contributed by atoms with Crippen LogP contribution in [-0.2, 0) is 0 Å². The van der Waals surface area contributed by atoms with Crippen LogP contribution in [-0.4, -0.2) is 14.3 Å². The Balaban J connectivity index is 2.12. The van der Waals surface area contributed by atoms with Crippen LogP contribution >= 0.6 is 0 Å². The van der Waals surface area contributed by atoms with Gasteiger partial charge in [-0.3, -0.25) is 19.3 Å². The lowest BCUT2D eigenvalue weighted by Gasteiger charge is -2.18. The highest BCUT2D eigenvalue weighted by atomic mass is 16.6. The molecule has 0 bridgehead atoms. The number of hydrogen-bond donors (Lipinski definition) is 1. The molecule has 2 aromatic heterocycles. The minimum absolute atomic E-state index is 0.0189. The van der Waals surface area contributed by atoms with E-state index in [2.05, 4.69) is 10.3 Å². The molecule has 3 aromatic rings. The first-order valence-electron chi connectivity index (χ1n) is 7.88. The Morgan fingerprint density at radius 3 is 2.68 bits per heavy atom. The smallest absolute Gasteiger partial charge is 0.358 e. The summed E-state index contributed by atoms with van der Waals surface area (Å²) in [4.78, 5) is 27.5. The van der Waals surface area contributed by atoms with Gasteiger partial charge in [-0.15, -0.1) is 0 Å². The SMILES string of the molecule is Cc1cccc(C(C)Nc2nc3ccccn3c(=O)c2[N+](=O)[O-])c1C. The summed E-state index contributed by atoms with van der Waals surface area (Å²) in [5.74, 6) is -0.0189. The molecule has 2 heterocycles. The molecule has 0 aliphatic carbocycles. The van der Waals surface area contributed by atoms with E-state index in [4.69, 9.17) is 0 Å². The topological polar surface area (TPSA) is 89.5 Å². The first-order valence-corrected chi connectivity index (χ1v) is 7.88. The highest BCUT2D eigenvalue weighted by Crippen LogP contribution is 2.26. The van der Waals surface area contributed by atoms with Gasteiger partial charge in [-0.2, -0.15) is 0 Å². The second kappa shape index (κ2) is 6.35. The Morgan fingerprint density at radius 2 is 1.96 bits per heavy atom. The van der Waals surface area contributed by atoms with E-state index >= 15 is 0 Å². The van der Waals surface area contributed by atoms with E-state index in [0.29, 0.717) is 5.65 Å². The summed E-state index contributed by atoms with van der Waals surface area (Å²) < 4.78 is 1.17. The van der Waals surface area contributed by atoms with Gasteiger partial charge in [-0.25, -0.2) is 4.98 Å². The van der Waals surface area contributed by atoms with Crippen LogP contribution < -0.4 is 10.9 Å². The zero-order chi connectivity index (χ0) is 18.1. The number of aromatic nitrogens is 2. The molecule has 7 heteroatoms. The summed E-state index contributed by atoms with van der Waals surface area (Å²) in [6, 6.07) is 10.7. The predicted molar refractivity (Wildman–Crippen MR) is 96.1 cm³/mol. The number of pyridine rings is 1. The molecule has 1 atom stereocenters. The van der Waals surface area contributed by atoms with Crippen LogP contribution in [0.5, 0.6) is 0 Å². The number of anilines is 1. The average Bonchev–Trinajstić information content (AvgIpc) is 2.57. The number of nitrogens with zero attached hydrogens (tertiary/aromatic N) is 3. The molecule has 1 N–H and O–H groups in total. The van der Waals surface area contributed by atoms with Crippen molar-refractivity contribution in [2.75, 3.05) is 5.32 Å². The molecule has 0 saturated heterocycles. The van der Waals surface area contributed by atoms with Crippen molar-refractivity contribution in [3.8, 4) is 0 Å². The lowest BCUT2D eigenvalue weighted by molar-refractivity contribution is -0.385. The van der Waals surface area contributed by atoms with Crippen molar-refractivity contribution >= 4 is 17.2 Å². The second-order valence-electron chi connectivity index (χ2n) is 5.96. The Labute approximate surface area is 144 Å². The minimum Gasteiger partial charge on any atom is -0.358 e. The van der Waals surface area contributed by atoms with E-state index in [1.54, 1.807) is 18.2 Å². The molecular weight excluding hydrogens is 320 g/mol. The Hall–Kier alpha value is -3.22. The molecule has 0 aliphatic heterocycles. The molecule has 128 valence electrons. The van der Waals surface area contributed by atoms with Gasteiger partial charge in [0.05, 0.1) is 11.0 Å². The number of fused-ring (bicyclic) bond motifs is 1. The highest BCUT2D eigenvalue weighted by molar-refractivity contribution is 5.60. The molecule has 0 amide bonds. The zero-order valence-electron chi connectivity index (χ0n) is 14.2. The summed E-state index contributed by atoms with van der Waals surface area (Å²) in [6.07, 6.45) is 1.47. The Kier molecular flexibility index (Phi) is 4.22. The van der Waals surface area contributed by atoms with Crippen LogP contribution in [0.15, 0.2) is 47.4 Å². The lowest BCUT2D eigenvalue weighted by Crippen LogP contribution is -2.22. The van der Waals surface area contributed by atoms with E-state index in [-0.39, 0.29) is 11.9 Å². The number of nitro groups is 1. The fraction of sp³-hybridized carbons (Fsp3) is 0.222. The highest BCUT2D eigenvalue weighted by Gasteiger charge is 2.25. The number of aryl methyl sites for hydroxylation is 1. The molecule has 0 saturated carbocycles. The monoisotopic (exact) mass is 338 g/mol. The van der Waals surface area contributed by atoms with Crippen molar-refractivity contribution < 1.29 is 4.92 Å². The molecule has 25 heavy (non-hydrogen) atoms. The normalized spacial score (nSPS) is 12.1. The van der Waals surface area contributed by atoms with E-state index < -0.39 is 16.2 Å². The van der Waals surface area contributed by atoms with Crippen molar-refractivity contribution in [1.29, 1.82) is 0 Å². The van der Waals surface area contributed by atoms with Gasteiger partial charge in [0.2, 0.25) is 5.82 Å². The van der Waals surface area contributed by atoms with E-state index in [1.165, 1.54) is 10.6 Å². The molecule has 0 radical (unpaired) electrons. The van der Waals surface area contributed by atoms with E-state index in [0.717, 1.165) is 16.7 Å². The lowest BCUT2D eigenvalue weighted by atomic mass is 9.98. The molecule has 7 nitrogen and oxygen atoms in total. The van der Waals surface area contributed by atoms with E-state index in [9.17, 15) is 14.9 Å². The maximum absolute atomic E-state index is 12.5. The Morgan fingerprint density at radius 1 is 1.20 bits per heavy atom. The van der Waals surface area contributed by atoms with Crippen LogP contribution in [0, 0.1) is 24.0 Å². The van der Waals surface area contributed by atoms with E-state index in [1.807, 2.05) is 39.0 Å². The third-order valence-corrected chi connectivity index (χ3v) is 4.36. The van der Waals surface area contributed by atoms with Crippen molar-refractivity contribution in [1.82, 2.24) is 9.38 Å². The first kappa shape index (κ1) is 16.6. The molecule has 0 fully saturated rings. The zero-order valence-corrected chi connectivity index (χ0v) is 14.2. The molecule has 0 aliphatic rings. The number of nitrogens with one attached hydrogen (secondary N) is 1. The number of benzene rings is 1. The molecular formula is C18H18N4O3. The fourth-order valence-electron chi connectivity index (χ4n) is 2.87. The molecule has 1 unspecified atom stereocenters. The largest absolute Gasteiger partial charge is 0.376 e. The quantitative estimate of drug-likeness (QED) is 0.582. The van der Waals surface area contributed by atoms with Crippen LogP contribution in [0.2, 0.25) is 0 Å². The minimum atomic E-state index is -0.703. The predicted octanol–water partition coefficient (Wildman–Crippen LogP) is 3.39. The van der Waals surface area contributed by atoms with Gasteiger partial charge in [-0.1, -0.05) is 24.3 Å². The first-order chi connectivity index (χ1) is 11.9. The maximum Gasteiger partial charge on any atom is 0.376 e. The van der Waals surface area contributed by atoms with Gasteiger partial charge in [0.25, 0.3) is 0 Å². The van der Waals surface area contributed by atoms with Gasteiger partial charge in [-0.05, 0) is 49.6 Å². The van der Waals surface area contributed by atoms with Crippen LogP contribution in [0.1, 0.15) is 29.7 Å². The fourth-order valence-corrected chi connectivity index (χ4v) is 2.87. The summed E-state index contributed by atoms with van der Waals surface area (Å²) in [6.45, 7) is 5.90. The van der Waals surface area contributed by atoms with Crippen LogP contribution in [0.3, 0.4) is 0 Å². The average molecular weight is 338 g/mol. The summed E-state index contributed by atoms with van der Waals surface area (Å²) in [5, 5.41) is 14.5. The van der Waals surface area contributed by atoms with Crippen molar-refractivity contribution in [2.24, 2.45) is 0 Å². The summed E-state index contributed by atoms with van der Waals surface area (Å²) >= 11 is 0. The van der Waals surface area contributed by atoms with Gasteiger partial charge < -0.3 is 5.32 Å². The van der Waals surface area contributed by atoms with Gasteiger partial charge in [0, 0.05) is 6.20 Å². The van der Waals surface area contributed by atoms with Gasteiger partial charge in [0.15, 0.2) is 0 Å².